The summed E-state index contributed by atoms with van der Waals surface area (Å²) in [5.41, 5.74) is 5.75. The molecule has 3 aromatic rings. The van der Waals surface area contributed by atoms with Crippen LogP contribution in [-0.2, 0) is 13.1 Å². The third kappa shape index (κ3) is 3.02. The lowest BCUT2D eigenvalue weighted by Gasteiger charge is -2.42. The quantitative estimate of drug-likeness (QED) is 0.781. The molecule has 2 atom stereocenters. The fraction of sp³-hybridized carbons (Fsp3) is 0.364. The number of aromatic amines is 1. The number of pyridine rings is 1. The summed E-state index contributed by atoms with van der Waals surface area (Å²) in [5.74, 6) is 0.948. The summed E-state index contributed by atoms with van der Waals surface area (Å²) in [6.07, 6.45) is 2.95. The van der Waals surface area contributed by atoms with Gasteiger partial charge in [0.05, 0.1) is 12.0 Å². The largest absolute Gasteiger partial charge is 0.348 e. The van der Waals surface area contributed by atoms with Gasteiger partial charge in [-0.15, -0.1) is 0 Å². The predicted molar refractivity (Wildman–Crippen MR) is 106 cm³/mol. The van der Waals surface area contributed by atoms with E-state index in [1.165, 1.54) is 12.1 Å². The molecule has 0 radical (unpaired) electrons. The van der Waals surface area contributed by atoms with E-state index in [1.807, 2.05) is 22.8 Å². The van der Waals surface area contributed by atoms with Gasteiger partial charge in [-0.25, -0.2) is 4.98 Å². The number of fused-ring (bicyclic) bond motifs is 4. The highest BCUT2D eigenvalue weighted by Gasteiger charge is 2.35. The van der Waals surface area contributed by atoms with Crippen LogP contribution < -0.4 is 5.56 Å². The molecule has 1 N–H and O–H groups in total. The average molecular weight is 360 g/mol. The summed E-state index contributed by atoms with van der Waals surface area (Å²) in [4.78, 5) is 22.9. The summed E-state index contributed by atoms with van der Waals surface area (Å²) in [6, 6.07) is 14.2. The summed E-state index contributed by atoms with van der Waals surface area (Å²) in [7, 11) is 0. The average Bonchev–Trinajstić information content (AvgIpc) is 3.08. The van der Waals surface area contributed by atoms with Crippen molar-refractivity contribution < 1.29 is 0 Å². The van der Waals surface area contributed by atoms with Crippen molar-refractivity contribution in [3.05, 3.63) is 76.2 Å². The van der Waals surface area contributed by atoms with Gasteiger partial charge in [0.15, 0.2) is 0 Å². The number of nitrogens with zero attached hydrogens (tertiary/aromatic N) is 3. The monoisotopic (exact) mass is 360 g/mol. The zero-order valence-corrected chi connectivity index (χ0v) is 15.6. The summed E-state index contributed by atoms with van der Waals surface area (Å²) >= 11 is 0. The minimum Gasteiger partial charge on any atom is -0.348 e. The van der Waals surface area contributed by atoms with E-state index in [1.54, 1.807) is 12.4 Å². The molecule has 1 saturated heterocycles. The number of likely N-dealkylation sites (tertiary alicyclic amines) is 1. The van der Waals surface area contributed by atoms with Gasteiger partial charge >= 0.3 is 0 Å². The molecule has 0 unspecified atom stereocenters. The number of nitrogens with one attached hydrogen (secondary N) is 1. The zero-order chi connectivity index (χ0) is 18.4. The van der Waals surface area contributed by atoms with Crippen LogP contribution in [-0.4, -0.2) is 32.5 Å². The lowest BCUT2D eigenvalue weighted by Crippen LogP contribution is -2.46. The molecule has 5 nitrogen and oxygen atoms in total. The molecule has 2 bridgehead atoms. The van der Waals surface area contributed by atoms with Gasteiger partial charge < -0.3 is 9.55 Å². The van der Waals surface area contributed by atoms with Crippen molar-refractivity contribution in [2.45, 2.75) is 32.4 Å². The Bertz CT molecular complexity index is 1020. The van der Waals surface area contributed by atoms with Gasteiger partial charge in [0, 0.05) is 49.6 Å². The molecule has 1 aromatic carbocycles. The minimum atomic E-state index is 0.137. The number of aromatic nitrogens is 3. The van der Waals surface area contributed by atoms with Gasteiger partial charge in [-0.1, -0.05) is 30.3 Å². The van der Waals surface area contributed by atoms with E-state index in [2.05, 4.69) is 40.0 Å². The highest BCUT2D eigenvalue weighted by atomic mass is 16.1. The molecule has 0 saturated carbocycles. The fourth-order valence-electron chi connectivity index (χ4n) is 4.74. The third-order valence-corrected chi connectivity index (χ3v) is 6.05. The molecular weight excluding hydrogens is 336 g/mol. The van der Waals surface area contributed by atoms with Gasteiger partial charge in [-0.2, -0.15) is 0 Å². The van der Waals surface area contributed by atoms with E-state index in [9.17, 15) is 4.79 Å². The number of rotatable bonds is 3. The molecule has 5 rings (SSSR count). The normalized spacial score (nSPS) is 21.8. The molecule has 1 fully saturated rings. The third-order valence-electron chi connectivity index (χ3n) is 6.05. The molecule has 2 aliphatic rings. The first-order chi connectivity index (χ1) is 13.2. The highest BCUT2D eigenvalue weighted by Crippen LogP contribution is 2.37. The van der Waals surface area contributed by atoms with E-state index in [-0.39, 0.29) is 5.56 Å². The van der Waals surface area contributed by atoms with E-state index in [0.717, 1.165) is 48.7 Å². The van der Waals surface area contributed by atoms with Crippen LogP contribution in [0.4, 0.5) is 0 Å². The molecule has 138 valence electrons. The van der Waals surface area contributed by atoms with Crippen LogP contribution in [0.5, 0.6) is 0 Å². The van der Waals surface area contributed by atoms with Crippen molar-refractivity contribution >= 4 is 0 Å². The number of imidazole rings is 1. The number of hydrogen-bond donors (Lipinski definition) is 1. The van der Waals surface area contributed by atoms with E-state index in [0.29, 0.717) is 11.8 Å². The van der Waals surface area contributed by atoms with Crippen molar-refractivity contribution in [3.8, 4) is 11.1 Å². The van der Waals surface area contributed by atoms with Gasteiger partial charge in [0.2, 0.25) is 0 Å². The van der Waals surface area contributed by atoms with E-state index >= 15 is 0 Å². The smallest absolute Gasteiger partial charge is 0.251 e. The Morgan fingerprint density at radius 2 is 1.96 bits per heavy atom. The van der Waals surface area contributed by atoms with Gasteiger partial charge in [0.1, 0.15) is 0 Å². The van der Waals surface area contributed by atoms with Crippen LogP contribution in [0.3, 0.4) is 0 Å². The molecule has 4 heterocycles. The Morgan fingerprint density at radius 3 is 2.74 bits per heavy atom. The van der Waals surface area contributed by atoms with Gasteiger partial charge in [0.25, 0.3) is 5.56 Å². The van der Waals surface area contributed by atoms with Crippen LogP contribution in [0.1, 0.15) is 29.4 Å². The highest BCUT2D eigenvalue weighted by molar-refractivity contribution is 5.63. The van der Waals surface area contributed by atoms with Crippen LogP contribution in [0.25, 0.3) is 11.1 Å². The van der Waals surface area contributed by atoms with Crippen molar-refractivity contribution in [2.75, 3.05) is 13.1 Å². The van der Waals surface area contributed by atoms with Gasteiger partial charge in [-0.05, 0) is 36.5 Å². The molecular formula is C22H24N4O. The first kappa shape index (κ1) is 16.5. The fourth-order valence-corrected chi connectivity index (χ4v) is 4.74. The molecule has 27 heavy (non-hydrogen) atoms. The van der Waals surface area contributed by atoms with E-state index < -0.39 is 0 Å². The topological polar surface area (TPSA) is 53.9 Å². The molecule has 0 amide bonds. The molecule has 2 aromatic heterocycles. The maximum atomic E-state index is 12.8. The molecule has 5 heteroatoms. The second-order valence-corrected chi connectivity index (χ2v) is 7.95. The Hall–Kier alpha value is -2.66. The Morgan fingerprint density at radius 1 is 1.11 bits per heavy atom. The summed E-state index contributed by atoms with van der Waals surface area (Å²) in [6.45, 7) is 5.81. The Labute approximate surface area is 158 Å². The Kier molecular flexibility index (Phi) is 3.97. The standard InChI is InChI=1S/C22H24N4O/c1-15-20(24-14-23-15)13-25-10-16-7-19(12-25)21-8-18(9-22(27)26(21)11-16)17-5-3-2-4-6-17/h2-6,8-9,14,16,19H,7,10-13H2,1H3,(H,23,24)/t16-,19+/m0/s1. The maximum Gasteiger partial charge on any atom is 0.251 e. The first-order valence-corrected chi connectivity index (χ1v) is 9.69. The van der Waals surface area contributed by atoms with E-state index in [4.69, 9.17) is 0 Å². The minimum absolute atomic E-state index is 0.137. The van der Waals surface area contributed by atoms with Crippen LogP contribution in [0, 0.1) is 12.8 Å². The zero-order valence-electron chi connectivity index (χ0n) is 15.6. The van der Waals surface area contributed by atoms with Crippen LogP contribution in [0.15, 0.2) is 53.6 Å². The number of hydrogen-bond acceptors (Lipinski definition) is 3. The Balaban J connectivity index is 1.47. The molecule has 2 aliphatic heterocycles. The summed E-state index contributed by atoms with van der Waals surface area (Å²) < 4.78 is 2.02. The first-order valence-electron chi connectivity index (χ1n) is 9.69. The predicted octanol–water partition coefficient (Wildman–Crippen LogP) is 3.17. The van der Waals surface area contributed by atoms with Crippen molar-refractivity contribution in [2.24, 2.45) is 5.92 Å². The number of H-pyrrole nitrogens is 1. The van der Waals surface area contributed by atoms with Crippen LogP contribution >= 0.6 is 0 Å². The van der Waals surface area contributed by atoms with Crippen molar-refractivity contribution in [1.29, 1.82) is 0 Å². The maximum absolute atomic E-state index is 12.8. The van der Waals surface area contributed by atoms with Gasteiger partial charge in [-0.3, -0.25) is 9.69 Å². The van der Waals surface area contributed by atoms with Crippen LogP contribution in [0.2, 0.25) is 0 Å². The summed E-state index contributed by atoms with van der Waals surface area (Å²) in [5, 5.41) is 0. The molecule has 0 spiro atoms. The van der Waals surface area contributed by atoms with Crippen molar-refractivity contribution in [3.63, 3.8) is 0 Å². The number of piperidine rings is 1. The lowest BCUT2D eigenvalue weighted by atomic mass is 9.82. The second kappa shape index (κ2) is 6.50. The number of benzene rings is 1. The SMILES string of the molecule is Cc1[nH]cnc1CN1C[C@@H]2C[C@H](C1)c1cc(-c3ccccc3)cc(=O)n1C2. The number of aryl methyl sites for hydroxylation is 1. The van der Waals surface area contributed by atoms with Crippen molar-refractivity contribution in [1.82, 2.24) is 19.4 Å². The molecule has 0 aliphatic carbocycles. The lowest BCUT2D eigenvalue weighted by molar-refractivity contribution is 0.113. The second-order valence-electron chi connectivity index (χ2n) is 7.95.